The number of rotatable bonds is 0. The van der Waals surface area contributed by atoms with Crippen LogP contribution in [0, 0.1) is 35.6 Å². The van der Waals surface area contributed by atoms with Crippen molar-refractivity contribution < 1.29 is 72.4 Å². The summed E-state index contributed by atoms with van der Waals surface area (Å²) >= 11 is 1.69. The van der Waals surface area contributed by atoms with Gasteiger partial charge in [-0.25, -0.2) is 0 Å². The second-order valence-electron chi connectivity index (χ2n) is 0. The number of hydrogen-bond acceptors (Lipinski definition) is 1. The Kier molecular flexibility index (Phi) is 82.2. The van der Waals surface area contributed by atoms with Crippen molar-refractivity contribution in [2.45, 2.75) is 0 Å². The molecule has 0 aliphatic heterocycles. The quantitative estimate of drug-likeness (QED) is 0.562. The molecule has 0 N–H and O–H groups in total. The minimum atomic E-state index is 0. The van der Waals surface area contributed by atoms with Gasteiger partial charge in [-0.15, -0.1) is 0 Å². The molecule has 0 atom stereocenters. The molecule has 0 rings (SSSR count). The average Bonchev–Trinajstić information content (AvgIpc) is 1.00. The Hall–Kier alpha value is 2.03. The molecule has 27 valence electrons. The van der Waals surface area contributed by atoms with Crippen molar-refractivity contribution in [1.29, 1.82) is 0 Å². The molecule has 0 bridgehead atoms. The molecule has 0 aromatic carbocycles. The summed E-state index contributed by atoms with van der Waals surface area (Å²) in [5, 5.41) is 0. The molecule has 0 spiro atoms. The summed E-state index contributed by atoms with van der Waals surface area (Å²) in [4.78, 5) is 0. The van der Waals surface area contributed by atoms with E-state index in [-0.39, 0.29) is 52.7 Å². The first kappa shape index (κ1) is 16.6. The van der Waals surface area contributed by atoms with Gasteiger partial charge in [0.15, 0.2) is 0 Å². The zero-order valence-corrected chi connectivity index (χ0v) is 7.41. The van der Waals surface area contributed by atoms with Gasteiger partial charge in [-0.05, 0) is 0 Å². The molecule has 0 saturated heterocycles. The molecule has 0 aromatic heterocycles. The van der Waals surface area contributed by atoms with Crippen LogP contribution < -0.4 is 0 Å². The predicted octanol–water partition coefficient (Wildman–Crippen LogP) is -0.124. The minimum absolute atomic E-state index is 0. The molecule has 1 nitrogen and oxygen atoms in total. The molecular weight excluding hydrogens is 273 g/mol. The fourth-order valence-corrected chi connectivity index (χ4v) is 0. The first-order valence-corrected chi connectivity index (χ1v) is 0.636. The van der Waals surface area contributed by atoms with Crippen molar-refractivity contribution in [1.82, 2.24) is 0 Å². The van der Waals surface area contributed by atoms with Gasteiger partial charge in [0.1, 0.15) is 0 Å². The Labute approximate surface area is 71.4 Å². The zero-order valence-electron chi connectivity index (χ0n) is 1.67. The monoisotopic (exact) mass is 273 g/mol. The third-order valence-corrected chi connectivity index (χ3v) is 0. The number of hydrogen-bond donors (Lipinski definition) is 0. The topological polar surface area (TPSA) is 17.1 Å². The fourth-order valence-electron chi connectivity index (χ4n) is 0. The van der Waals surface area contributed by atoms with Gasteiger partial charge >= 0.3 is 19.8 Å². The molecular formula is CuLaMnO. The van der Waals surface area contributed by atoms with Crippen LogP contribution in [0.3, 0.4) is 0 Å². The summed E-state index contributed by atoms with van der Waals surface area (Å²) < 4.78 is 8.06. The van der Waals surface area contributed by atoms with Crippen LogP contribution in [0.2, 0.25) is 0 Å². The van der Waals surface area contributed by atoms with Crippen LogP contribution in [0.15, 0.2) is 0 Å². The fraction of sp³-hybridized carbons (Fsp3) is 0. The van der Waals surface area contributed by atoms with Crippen LogP contribution in [0.4, 0.5) is 0 Å². The van der Waals surface area contributed by atoms with E-state index in [1.54, 1.807) is 15.9 Å². The van der Waals surface area contributed by atoms with E-state index >= 15 is 0 Å². The van der Waals surface area contributed by atoms with Gasteiger partial charge in [-0.3, -0.25) is 0 Å². The van der Waals surface area contributed by atoms with Crippen LogP contribution in [0.1, 0.15) is 0 Å². The van der Waals surface area contributed by atoms with E-state index in [0.717, 1.165) is 0 Å². The van der Waals surface area contributed by atoms with Crippen LogP contribution in [0.5, 0.6) is 0 Å². The molecule has 0 amide bonds. The second kappa shape index (κ2) is 19.8. The molecule has 0 aromatic rings. The van der Waals surface area contributed by atoms with E-state index in [1.165, 1.54) is 0 Å². The molecule has 0 fully saturated rings. The first-order chi connectivity index (χ1) is 1.00. The van der Waals surface area contributed by atoms with Crippen molar-refractivity contribution in [2.24, 2.45) is 0 Å². The van der Waals surface area contributed by atoms with E-state index < -0.39 is 0 Å². The third kappa shape index (κ3) is 8.98. The van der Waals surface area contributed by atoms with E-state index in [9.17, 15) is 0 Å². The van der Waals surface area contributed by atoms with E-state index in [0.29, 0.717) is 0 Å². The Morgan fingerprint density at radius 1 is 1.25 bits per heavy atom. The summed E-state index contributed by atoms with van der Waals surface area (Å²) in [5.41, 5.74) is 0. The molecule has 0 aliphatic rings. The normalized spacial score (nSPS) is 1.00. The SMILES string of the molecule is [Cu].[La].[O]=[Mn]. The summed E-state index contributed by atoms with van der Waals surface area (Å²) in [7, 11) is 0. The van der Waals surface area contributed by atoms with Crippen LogP contribution >= 0.6 is 0 Å². The maximum atomic E-state index is 8.06. The average molecular weight is 273 g/mol. The van der Waals surface area contributed by atoms with Gasteiger partial charge in [-0.1, -0.05) is 0 Å². The predicted molar refractivity (Wildman–Crippen MR) is 0.686 cm³/mol. The molecule has 0 aliphatic carbocycles. The van der Waals surface area contributed by atoms with Crippen molar-refractivity contribution in [3.8, 4) is 0 Å². The Morgan fingerprint density at radius 2 is 1.25 bits per heavy atom. The molecule has 0 heterocycles. The molecule has 0 unspecified atom stereocenters. The van der Waals surface area contributed by atoms with Gasteiger partial charge in [0, 0.05) is 52.7 Å². The Bertz CT molecular complexity index is 8.00. The first-order valence-electron chi connectivity index (χ1n) is 0.154. The molecule has 2 radical (unpaired) electrons. The van der Waals surface area contributed by atoms with Gasteiger partial charge in [0.2, 0.25) is 0 Å². The van der Waals surface area contributed by atoms with Crippen molar-refractivity contribution in [3.05, 3.63) is 0 Å². The molecule has 4 heavy (non-hydrogen) atoms. The molecule has 0 saturated carbocycles. The summed E-state index contributed by atoms with van der Waals surface area (Å²) in [6.45, 7) is 0. The van der Waals surface area contributed by atoms with Crippen molar-refractivity contribution in [3.63, 3.8) is 0 Å². The molecule has 4 heteroatoms. The van der Waals surface area contributed by atoms with Crippen molar-refractivity contribution in [2.75, 3.05) is 0 Å². The van der Waals surface area contributed by atoms with Crippen molar-refractivity contribution >= 4 is 0 Å². The second-order valence-corrected chi connectivity index (χ2v) is 0. The van der Waals surface area contributed by atoms with E-state index in [2.05, 4.69) is 0 Å². The van der Waals surface area contributed by atoms with Crippen LogP contribution in [-0.4, -0.2) is 0 Å². The van der Waals surface area contributed by atoms with Gasteiger partial charge in [-0.2, -0.15) is 0 Å². The standard InChI is InChI=1S/Cu.La.Mn.O. The van der Waals surface area contributed by atoms with E-state index in [1.807, 2.05) is 0 Å². The van der Waals surface area contributed by atoms with E-state index in [4.69, 9.17) is 3.83 Å². The van der Waals surface area contributed by atoms with Gasteiger partial charge < -0.3 is 0 Å². The van der Waals surface area contributed by atoms with Crippen LogP contribution in [-0.2, 0) is 36.8 Å². The van der Waals surface area contributed by atoms with Gasteiger partial charge in [0.25, 0.3) is 0 Å². The summed E-state index contributed by atoms with van der Waals surface area (Å²) in [6.07, 6.45) is 0. The summed E-state index contributed by atoms with van der Waals surface area (Å²) in [6, 6.07) is 0. The third-order valence-electron chi connectivity index (χ3n) is 0. The maximum absolute atomic E-state index is 8.06. The Balaban J connectivity index is -0.00000000500. The summed E-state index contributed by atoms with van der Waals surface area (Å²) in [5.74, 6) is 0. The zero-order chi connectivity index (χ0) is 2.00. The van der Waals surface area contributed by atoms with Gasteiger partial charge in [0.05, 0.1) is 0 Å². The Morgan fingerprint density at radius 3 is 1.25 bits per heavy atom. The van der Waals surface area contributed by atoms with Crippen LogP contribution in [0.25, 0.3) is 0 Å².